The molecule has 3 rings (SSSR count). The number of allylic oxidation sites excluding steroid dienone is 1. The van der Waals surface area contributed by atoms with Crippen molar-refractivity contribution < 1.29 is 19.2 Å². The van der Waals surface area contributed by atoms with Gasteiger partial charge in [0.25, 0.3) is 11.6 Å². The molecule has 0 aliphatic rings. The van der Waals surface area contributed by atoms with Crippen LogP contribution < -0.4 is 15.4 Å². The number of methoxy groups -OCH3 is 1. The number of benzene rings is 2. The number of amides is 2. The molecule has 0 spiro atoms. The molecular formula is C23H24N6O5S. The van der Waals surface area contributed by atoms with Gasteiger partial charge in [0.05, 0.1) is 24.3 Å². The lowest BCUT2D eigenvalue weighted by Gasteiger charge is -2.09. The minimum absolute atomic E-state index is 0.00908. The van der Waals surface area contributed by atoms with Crippen LogP contribution in [0.4, 0.5) is 11.4 Å². The van der Waals surface area contributed by atoms with Crippen molar-refractivity contribution in [3.8, 4) is 5.75 Å². The number of nitrogens with zero attached hydrogens (tertiary/aromatic N) is 4. The van der Waals surface area contributed by atoms with Crippen LogP contribution in [0.2, 0.25) is 0 Å². The van der Waals surface area contributed by atoms with Gasteiger partial charge < -0.3 is 19.9 Å². The van der Waals surface area contributed by atoms with Gasteiger partial charge in [0, 0.05) is 29.4 Å². The molecule has 12 heteroatoms. The van der Waals surface area contributed by atoms with Crippen LogP contribution in [-0.4, -0.2) is 44.4 Å². The summed E-state index contributed by atoms with van der Waals surface area (Å²) in [6.07, 6.45) is 1.66. The van der Waals surface area contributed by atoms with Crippen LogP contribution in [0.25, 0.3) is 0 Å². The number of aromatic nitrogens is 3. The van der Waals surface area contributed by atoms with Crippen molar-refractivity contribution in [3.63, 3.8) is 0 Å². The summed E-state index contributed by atoms with van der Waals surface area (Å²) in [5.74, 6) is 0.537. The van der Waals surface area contributed by atoms with Gasteiger partial charge >= 0.3 is 0 Å². The third kappa shape index (κ3) is 6.67. The molecular weight excluding hydrogens is 472 g/mol. The van der Waals surface area contributed by atoms with Gasteiger partial charge in [0.15, 0.2) is 11.0 Å². The number of hydrogen-bond donors (Lipinski definition) is 2. The lowest BCUT2D eigenvalue weighted by atomic mass is 10.2. The predicted molar refractivity (Wildman–Crippen MR) is 132 cm³/mol. The van der Waals surface area contributed by atoms with Crippen LogP contribution in [0.1, 0.15) is 21.7 Å². The number of anilines is 1. The Hall–Kier alpha value is -4.19. The summed E-state index contributed by atoms with van der Waals surface area (Å²) in [5, 5.41) is 25.3. The van der Waals surface area contributed by atoms with Gasteiger partial charge in [-0.2, -0.15) is 0 Å². The number of nitrogens with one attached hydrogen (secondary N) is 2. The predicted octanol–water partition coefficient (Wildman–Crippen LogP) is 3.35. The maximum atomic E-state index is 12.4. The number of thioether (sulfide) groups is 1. The Kier molecular flexibility index (Phi) is 8.57. The quantitative estimate of drug-likeness (QED) is 0.178. The van der Waals surface area contributed by atoms with E-state index in [1.807, 2.05) is 0 Å². The van der Waals surface area contributed by atoms with Gasteiger partial charge in [-0.25, -0.2) is 0 Å². The fraction of sp³-hybridized carbons (Fsp3) is 0.217. The molecule has 2 N–H and O–H groups in total. The lowest BCUT2D eigenvalue weighted by Crippen LogP contribution is -2.24. The summed E-state index contributed by atoms with van der Waals surface area (Å²) < 4.78 is 6.84. The first-order valence-corrected chi connectivity index (χ1v) is 11.4. The maximum Gasteiger partial charge on any atom is 0.274 e. The van der Waals surface area contributed by atoms with Gasteiger partial charge in [0.2, 0.25) is 5.91 Å². The molecule has 0 saturated carbocycles. The normalized spacial score (nSPS) is 10.5. The lowest BCUT2D eigenvalue weighted by molar-refractivity contribution is -0.385. The second-order valence-corrected chi connectivity index (χ2v) is 8.25. The summed E-state index contributed by atoms with van der Waals surface area (Å²) in [7, 11) is 1.55. The van der Waals surface area contributed by atoms with Crippen LogP contribution >= 0.6 is 11.8 Å². The van der Waals surface area contributed by atoms with Gasteiger partial charge in [0.1, 0.15) is 5.75 Å². The first-order valence-electron chi connectivity index (χ1n) is 10.4. The Labute approximate surface area is 205 Å². The molecule has 0 bridgehead atoms. The minimum atomic E-state index is -0.494. The van der Waals surface area contributed by atoms with Crippen molar-refractivity contribution >= 4 is 35.0 Å². The summed E-state index contributed by atoms with van der Waals surface area (Å²) in [5.41, 5.74) is 1.25. The van der Waals surface area contributed by atoms with E-state index in [9.17, 15) is 19.7 Å². The average Bonchev–Trinajstić information content (AvgIpc) is 3.24. The number of aryl methyl sites for hydroxylation is 1. The van der Waals surface area contributed by atoms with Gasteiger partial charge in [-0.15, -0.1) is 16.8 Å². The van der Waals surface area contributed by atoms with Gasteiger partial charge in [-0.3, -0.25) is 19.7 Å². The topological polar surface area (TPSA) is 141 Å². The summed E-state index contributed by atoms with van der Waals surface area (Å²) in [4.78, 5) is 35.5. The number of hydrogen-bond acceptors (Lipinski definition) is 8. The number of nitro groups is 1. The fourth-order valence-corrected chi connectivity index (χ4v) is 3.85. The van der Waals surface area contributed by atoms with Crippen LogP contribution in [0, 0.1) is 17.0 Å². The summed E-state index contributed by atoms with van der Waals surface area (Å²) in [6.45, 7) is 5.88. The van der Waals surface area contributed by atoms with E-state index in [2.05, 4.69) is 27.4 Å². The molecule has 182 valence electrons. The molecule has 35 heavy (non-hydrogen) atoms. The number of carbonyl (C=O) groups excluding carboxylic acids is 2. The zero-order chi connectivity index (χ0) is 25.4. The number of nitro benzene ring substituents is 1. The molecule has 0 aliphatic carbocycles. The third-order valence-electron chi connectivity index (χ3n) is 4.89. The van der Waals surface area contributed by atoms with Crippen LogP contribution in [0.3, 0.4) is 0 Å². The molecule has 0 unspecified atom stereocenters. The van der Waals surface area contributed by atoms with E-state index in [-0.39, 0.29) is 29.8 Å². The van der Waals surface area contributed by atoms with Crippen molar-refractivity contribution in [2.45, 2.75) is 25.2 Å². The van der Waals surface area contributed by atoms with Crippen molar-refractivity contribution in [1.29, 1.82) is 0 Å². The molecule has 2 amide bonds. The highest BCUT2D eigenvalue weighted by Gasteiger charge is 2.16. The molecule has 0 atom stereocenters. The van der Waals surface area contributed by atoms with Gasteiger partial charge in [-0.1, -0.05) is 23.9 Å². The highest BCUT2D eigenvalue weighted by Crippen LogP contribution is 2.23. The Bertz CT molecular complexity index is 1240. The SMILES string of the molecule is C=CCn1c(CNC(=O)c2ccc(OC)cc2)nnc1SCC(=O)Nc1ccc(C)c([N+](=O)[O-])c1. The molecule has 1 heterocycles. The molecule has 0 fully saturated rings. The Morgan fingerprint density at radius 1 is 1.23 bits per heavy atom. The Balaban J connectivity index is 1.61. The van der Waals surface area contributed by atoms with Crippen molar-refractivity contribution in [3.05, 3.63) is 82.2 Å². The number of carbonyl (C=O) groups is 2. The van der Waals surface area contributed by atoms with Crippen LogP contribution in [0.15, 0.2) is 60.3 Å². The summed E-state index contributed by atoms with van der Waals surface area (Å²) >= 11 is 1.15. The van der Waals surface area contributed by atoms with E-state index < -0.39 is 4.92 Å². The largest absolute Gasteiger partial charge is 0.497 e. The second-order valence-electron chi connectivity index (χ2n) is 7.30. The van der Waals surface area contributed by atoms with E-state index in [4.69, 9.17) is 4.74 Å². The Morgan fingerprint density at radius 2 is 1.97 bits per heavy atom. The molecule has 1 aromatic heterocycles. The molecule has 11 nitrogen and oxygen atoms in total. The van der Waals surface area contributed by atoms with E-state index in [1.165, 1.54) is 6.07 Å². The van der Waals surface area contributed by atoms with Crippen molar-refractivity contribution in [2.24, 2.45) is 0 Å². The average molecular weight is 497 g/mol. The number of ether oxygens (including phenoxy) is 1. The van der Waals surface area contributed by atoms with Crippen molar-refractivity contribution in [1.82, 2.24) is 20.1 Å². The van der Waals surface area contributed by atoms with Crippen molar-refractivity contribution in [2.75, 3.05) is 18.2 Å². The minimum Gasteiger partial charge on any atom is -0.497 e. The zero-order valence-corrected chi connectivity index (χ0v) is 20.0. The molecule has 0 radical (unpaired) electrons. The Morgan fingerprint density at radius 3 is 2.63 bits per heavy atom. The van der Waals surface area contributed by atoms with Gasteiger partial charge in [-0.05, 0) is 37.3 Å². The number of rotatable bonds is 11. The third-order valence-corrected chi connectivity index (χ3v) is 5.85. The fourth-order valence-electron chi connectivity index (χ4n) is 3.08. The molecule has 2 aromatic carbocycles. The standard InChI is InChI=1S/C23H24N6O5S/c1-4-11-28-20(13-24-22(31)16-6-9-18(34-3)10-7-16)26-27-23(28)35-14-21(30)25-17-8-5-15(2)19(12-17)29(32)33/h4-10,12H,1,11,13-14H2,2-3H3,(H,24,31)(H,25,30). The molecule has 3 aromatic rings. The monoisotopic (exact) mass is 496 g/mol. The van der Waals surface area contributed by atoms with E-state index in [1.54, 1.807) is 61.1 Å². The molecule has 0 saturated heterocycles. The summed E-state index contributed by atoms with van der Waals surface area (Å²) in [6, 6.07) is 11.2. The smallest absolute Gasteiger partial charge is 0.274 e. The maximum absolute atomic E-state index is 12.4. The zero-order valence-electron chi connectivity index (χ0n) is 19.2. The second kappa shape index (κ2) is 11.8. The first-order chi connectivity index (χ1) is 16.8. The highest BCUT2D eigenvalue weighted by molar-refractivity contribution is 7.99. The first kappa shape index (κ1) is 25.4. The van der Waals surface area contributed by atoms with E-state index in [0.29, 0.717) is 40.1 Å². The van der Waals surface area contributed by atoms with E-state index in [0.717, 1.165) is 11.8 Å². The van der Waals surface area contributed by atoms with Crippen LogP contribution in [-0.2, 0) is 17.9 Å². The van der Waals surface area contributed by atoms with E-state index >= 15 is 0 Å². The van der Waals surface area contributed by atoms with Crippen LogP contribution in [0.5, 0.6) is 5.75 Å². The molecule has 0 aliphatic heterocycles. The highest BCUT2D eigenvalue weighted by atomic mass is 32.2.